The quantitative estimate of drug-likeness (QED) is 0.393. The molecule has 0 fully saturated rings. The molecule has 0 aromatic rings. The van der Waals surface area contributed by atoms with Crippen molar-refractivity contribution in [1.29, 1.82) is 0 Å². The standard InChI is InChI=1S/C12H18O3/c1-4-7-11-12(8-6-9-14-11)15-10(3)13-5-2/h1,6,8,10-12H,5,7,9H2,2-3H3/t10?,11-,12+/m1/s1. The van der Waals surface area contributed by atoms with Crippen LogP contribution in [0.1, 0.15) is 20.3 Å². The predicted octanol–water partition coefficient (Wildman–Crippen LogP) is 1.73. The number of terminal acetylenes is 1. The fraction of sp³-hybridized carbons (Fsp3) is 0.667. The van der Waals surface area contributed by atoms with Gasteiger partial charge in [0.15, 0.2) is 6.29 Å². The van der Waals surface area contributed by atoms with Crippen LogP contribution in [0.4, 0.5) is 0 Å². The summed E-state index contributed by atoms with van der Waals surface area (Å²) in [6.45, 7) is 5.05. The first-order chi connectivity index (χ1) is 7.27. The highest BCUT2D eigenvalue weighted by atomic mass is 16.7. The van der Waals surface area contributed by atoms with Gasteiger partial charge < -0.3 is 14.2 Å². The van der Waals surface area contributed by atoms with E-state index in [1.165, 1.54) is 0 Å². The summed E-state index contributed by atoms with van der Waals surface area (Å²) in [4.78, 5) is 0. The van der Waals surface area contributed by atoms with E-state index >= 15 is 0 Å². The van der Waals surface area contributed by atoms with Crippen molar-refractivity contribution in [3.8, 4) is 12.3 Å². The van der Waals surface area contributed by atoms with Gasteiger partial charge in [0.05, 0.1) is 12.7 Å². The summed E-state index contributed by atoms with van der Waals surface area (Å²) in [6.07, 6.45) is 9.38. The van der Waals surface area contributed by atoms with E-state index in [4.69, 9.17) is 20.6 Å². The van der Waals surface area contributed by atoms with Gasteiger partial charge in [-0.3, -0.25) is 0 Å². The molecule has 0 spiro atoms. The van der Waals surface area contributed by atoms with Gasteiger partial charge in [-0.1, -0.05) is 12.2 Å². The van der Waals surface area contributed by atoms with Gasteiger partial charge >= 0.3 is 0 Å². The zero-order chi connectivity index (χ0) is 11.1. The third-order valence-electron chi connectivity index (χ3n) is 2.17. The molecule has 84 valence electrons. The van der Waals surface area contributed by atoms with E-state index in [2.05, 4.69) is 5.92 Å². The molecule has 0 aromatic heterocycles. The van der Waals surface area contributed by atoms with Crippen LogP contribution in [0.15, 0.2) is 12.2 Å². The lowest BCUT2D eigenvalue weighted by molar-refractivity contribution is -0.175. The van der Waals surface area contributed by atoms with Crippen molar-refractivity contribution in [3.05, 3.63) is 12.2 Å². The maximum atomic E-state index is 5.67. The Morgan fingerprint density at radius 3 is 3.13 bits per heavy atom. The second kappa shape index (κ2) is 6.62. The van der Waals surface area contributed by atoms with E-state index < -0.39 is 0 Å². The van der Waals surface area contributed by atoms with Crippen LogP contribution in [-0.2, 0) is 14.2 Å². The molecule has 1 unspecified atom stereocenters. The van der Waals surface area contributed by atoms with Gasteiger partial charge in [0.25, 0.3) is 0 Å². The minimum Gasteiger partial charge on any atom is -0.370 e. The van der Waals surface area contributed by atoms with Crippen molar-refractivity contribution in [2.75, 3.05) is 13.2 Å². The highest BCUT2D eigenvalue weighted by Gasteiger charge is 2.24. The van der Waals surface area contributed by atoms with Crippen molar-refractivity contribution in [2.24, 2.45) is 0 Å². The van der Waals surface area contributed by atoms with Crippen LogP contribution in [0, 0.1) is 12.3 Å². The van der Waals surface area contributed by atoms with E-state index in [-0.39, 0.29) is 18.5 Å². The lowest BCUT2D eigenvalue weighted by Gasteiger charge is -2.28. The minimum absolute atomic E-state index is 0.0529. The lowest BCUT2D eigenvalue weighted by atomic mass is 10.1. The molecular weight excluding hydrogens is 192 g/mol. The Morgan fingerprint density at radius 2 is 2.47 bits per heavy atom. The Kier molecular flexibility index (Phi) is 5.41. The third-order valence-corrected chi connectivity index (χ3v) is 2.17. The molecule has 3 nitrogen and oxygen atoms in total. The summed E-state index contributed by atoms with van der Waals surface area (Å²) in [5.74, 6) is 2.59. The normalized spacial score (nSPS) is 27.3. The van der Waals surface area contributed by atoms with Gasteiger partial charge in [-0.25, -0.2) is 0 Å². The topological polar surface area (TPSA) is 27.7 Å². The summed E-state index contributed by atoms with van der Waals surface area (Å²) in [6, 6.07) is 0. The fourth-order valence-corrected chi connectivity index (χ4v) is 1.51. The molecule has 1 aliphatic heterocycles. The molecule has 3 atom stereocenters. The van der Waals surface area contributed by atoms with Crippen LogP contribution in [0.3, 0.4) is 0 Å². The van der Waals surface area contributed by atoms with Crippen LogP contribution in [-0.4, -0.2) is 31.7 Å². The van der Waals surface area contributed by atoms with E-state index in [1.54, 1.807) is 0 Å². The predicted molar refractivity (Wildman–Crippen MR) is 58.3 cm³/mol. The van der Waals surface area contributed by atoms with Crippen LogP contribution in [0.25, 0.3) is 0 Å². The number of ether oxygens (including phenoxy) is 3. The summed E-state index contributed by atoms with van der Waals surface area (Å²) >= 11 is 0. The Balaban J connectivity index is 2.45. The van der Waals surface area contributed by atoms with Gasteiger partial charge in [-0.15, -0.1) is 12.3 Å². The van der Waals surface area contributed by atoms with E-state index in [1.807, 2.05) is 26.0 Å². The lowest BCUT2D eigenvalue weighted by Crippen LogP contribution is -2.35. The molecule has 1 aliphatic rings. The van der Waals surface area contributed by atoms with E-state index in [9.17, 15) is 0 Å². The molecule has 0 N–H and O–H groups in total. The molecule has 0 saturated carbocycles. The van der Waals surface area contributed by atoms with E-state index in [0.717, 1.165) is 0 Å². The van der Waals surface area contributed by atoms with Gasteiger partial charge in [0.1, 0.15) is 6.10 Å². The van der Waals surface area contributed by atoms with Crippen molar-refractivity contribution in [1.82, 2.24) is 0 Å². The summed E-state index contributed by atoms with van der Waals surface area (Å²) in [5, 5.41) is 0. The number of hydrogen-bond acceptors (Lipinski definition) is 3. The molecule has 0 aromatic carbocycles. The van der Waals surface area contributed by atoms with Gasteiger partial charge in [-0.2, -0.15) is 0 Å². The Hall–Kier alpha value is -0.820. The van der Waals surface area contributed by atoms with Crippen molar-refractivity contribution >= 4 is 0 Å². The van der Waals surface area contributed by atoms with Crippen molar-refractivity contribution in [2.45, 2.75) is 38.8 Å². The maximum absolute atomic E-state index is 5.67. The molecule has 3 heteroatoms. The molecule has 0 saturated heterocycles. The van der Waals surface area contributed by atoms with Crippen LogP contribution in [0.2, 0.25) is 0 Å². The minimum atomic E-state index is -0.230. The first-order valence-corrected chi connectivity index (χ1v) is 5.26. The average molecular weight is 210 g/mol. The maximum Gasteiger partial charge on any atom is 0.155 e. The monoisotopic (exact) mass is 210 g/mol. The third kappa shape index (κ3) is 4.05. The molecule has 0 radical (unpaired) electrons. The van der Waals surface area contributed by atoms with E-state index in [0.29, 0.717) is 19.6 Å². The molecular formula is C12H18O3. The number of hydrogen-bond donors (Lipinski definition) is 0. The summed E-state index contributed by atoms with van der Waals surface area (Å²) in [5.41, 5.74) is 0. The smallest absolute Gasteiger partial charge is 0.155 e. The highest BCUT2D eigenvalue weighted by molar-refractivity contribution is 5.02. The van der Waals surface area contributed by atoms with Gasteiger partial charge in [-0.05, 0) is 13.8 Å². The van der Waals surface area contributed by atoms with Crippen LogP contribution >= 0.6 is 0 Å². The molecule has 0 amide bonds. The first-order valence-electron chi connectivity index (χ1n) is 5.26. The molecule has 0 bridgehead atoms. The van der Waals surface area contributed by atoms with Crippen LogP contribution in [0.5, 0.6) is 0 Å². The largest absolute Gasteiger partial charge is 0.370 e. The SMILES string of the molecule is C#CC[C@H]1OCC=C[C@@H]1OC(C)OCC. The first kappa shape index (κ1) is 12.3. The second-order valence-corrected chi connectivity index (χ2v) is 3.33. The molecule has 1 heterocycles. The van der Waals surface area contributed by atoms with Gasteiger partial charge in [0.2, 0.25) is 0 Å². The molecule has 1 rings (SSSR count). The molecule has 0 aliphatic carbocycles. The van der Waals surface area contributed by atoms with Gasteiger partial charge in [0, 0.05) is 13.0 Å². The second-order valence-electron chi connectivity index (χ2n) is 3.33. The fourth-order valence-electron chi connectivity index (χ4n) is 1.51. The Bertz CT molecular complexity index is 242. The summed E-state index contributed by atoms with van der Waals surface area (Å²) < 4.78 is 16.5. The molecule has 15 heavy (non-hydrogen) atoms. The van der Waals surface area contributed by atoms with Crippen molar-refractivity contribution in [3.63, 3.8) is 0 Å². The van der Waals surface area contributed by atoms with Crippen molar-refractivity contribution < 1.29 is 14.2 Å². The summed E-state index contributed by atoms with van der Waals surface area (Å²) in [7, 11) is 0. The highest BCUT2D eigenvalue weighted by Crippen LogP contribution is 2.16. The average Bonchev–Trinajstić information content (AvgIpc) is 2.21. The zero-order valence-electron chi connectivity index (χ0n) is 9.31. The number of rotatable bonds is 5. The Morgan fingerprint density at radius 1 is 1.67 bits per heavy atom. The Labute approximate surface area is 91.4 Å². The van der Waals surface area contributed by atoms with Crippen LogP contribution < -0.4 is 0 Å². The zero-order valence-corrected chi connectivity index (χ0v) is 9.31.